The van der Waals surface area contributed by atoms with E-state index in [1.807, 2.05) is 38.1 Å². The maximum Gasteiger partial charge on any atom is 0.227 e. The van der Waals surface area contributed by atoms with Crippen LogP contribution in [0.3, 0.4) is 0 Å². The number of rotatable bonds is 8. The molecule has 0 bridgehead atoms. The number of hydrogen-bond donors (Lipinski definition) is 2. The lowest BCUT2D eigenvalue weighted by Crippen LogP contribution is -2.46. The molecule has 0 saturated heterocycles. The summed E-state index contributed by atoms with van der Waals surface area (Å²) in [5.74, 6) is -0.0147. The quantitative estimate of drug-likeness (QED) is 0.775. The maximum atomic E-state index is 12.4. The lowest BCUT2D eigenvalue weighted by Gasteiger charge is -2.29. The van der Waals surface area contributed by atoms with Crippen molar-refractivity contribution < 1.29 is 9.53 Å². The standard InChI is InChI=1S/C16H25ClN2O2/c1-4-16(5-2,11-18)15(20)19-10-14(21-3)12-7-6-8-13(17)9-12/h6-9,14H,4-5,10-11,18H2,1-3H3,(H,19,20). The summed E-state index contributed by atoms with van der Waals surface area (Å²) in [5, 5.41) is 3.61. The van der Waals surface area contributed by atoms with Crippen LogP contribution in [0.5, 0.6) is 0 Å². The normalized spacial score (nSPS) is 13.0. The van der Waals surface area contributed by atoms with Crippen LogP contribution in [-0.4, -0.2) is 26.1 Å². The van der Waals surface area contributed by atoms with Crippen molar-refractivity contribution in [2.75, 3.05) is 20.2 Å². The number of ether oxygens (including phenoxy) is 1. The lowest BCUT2D eigenvalue weighted by molar-refractivity contribution is -0.131. The molecule has 0 spiro atoms. The number of carbonyl (C=O) groups is 1. The Bertz CT molecular complexity index is 453. The molecule has 0 fully saturated rings. The van der Waals surface area contributed by atoms with E-state index in [4.69, 9.17) is 22.1 Å². The first-order chi connectivity index (χ1) is 10.0. The van der Waals surface area contributed by atoms with Crippen molar-refractivity contribution in [1.82, 2.24) is 5.32 Å². The van der Waals surface area contributed by atoms with Crippen LogP contribution >= 0.6 is 11.6 Å². The molecular formula is C16H25ClN2O2. The van der Waals surface area contributed by atoms with E-state index in [0.29, 0.717) is 18.1 Å². The van der Waals surface area contributed by atoms with Gasteiger partial charge in [-0.15, -0.1) is 0 Å². The van der Waals surface area contributed by atoms with Gasteiger partial charge in [-0.05, 0) is 30.5 Å². The van der Waals surface area contributed by atoms with Gasteiger partial charge < -0.3 is 15.8 Å². The van der Waals surface area contributed by atoms with Gasteiger partial charge in [0, 0.05) is 25.2 Å². The Kier molecular flexibility index (Phi) is 7.15. The van der Waals surface area contributed by atoms with E-state index in [1.54, 1.807) is 7.11 Å². The summed E-state index contributed by atoms with van der Waals surface area (Å²) in [6.07, 6.45) is 1.22. The Morgan fingerprint density at radius 1 is 1.43 bits per heavy atom. The van der Waals surface area contributed by atoms with Gasteiger partial charge in [0.2, 0.25) is 5.91 Å². The number of nitrogens with two attached hydrogens (primary N) is 1. The number of amides is 1. The predicted molar refractivity (Wildman–Crippen MR) is 86.3 cm³/mol. The van der Waals surface area contributed by atoms with E-state index in [1.165, 1.54) is 0 Å². The molecule has 0 aliphatic carbocycles. The molecule has 1 aromatic rings. The zero-order valence-corrected chi connectivity index (χ0v) is 13.7. The molecule has 21 heavy (non-hydrogen) atoms. The third-order valence-corrected chi connectivity index (χ3v) is 4.41. The molecule has 4 nitrogen and oxygen atoms in total. The molecule has 3 N–H and O–H groups in total. The van der Waals surface area contributed by atoms with Crippen molar-refractivity contribution in [2.24, 2.45) is 11.1 Å². The highest BCUT2D eigenvalue weighted by Gasteiger charge is 2.33. The van der Waals surface area contributed by atoms with E-state index in [9.17, 15) is 4.79 Å². The summed E-state index contributed by atoms with van der Waals surface area (Å²) < 4.78 is 5.45. The molecule has 0 heterocycles. The Hall–Kier alpha value is -1.10. The van der Waals surface area contributed by atoms with E-state index in [-0.39, 0.29) is 12.0 Å². The SMILES string of the molecule is CCC(CC)(CN)C(=O)NCC(OC)c1cccc(Cl)c1. The average Bonchev–Trinajstić information content (AvgIpc) is 2.50. The summed E-state index contributed by atoms with van der Waals surface area (Å²) in [6, 6.07) is 7.46. The molecular weight excluding hydrogens is 288 g/mol. The fourth-order valence-electron chi connectivity index (χ4n) is 2.37. The molecule has 1 unspecified atom stereocenters. The van der Waals surface area contributed by atoms with Crippen LogP contribution in [0.2, 0.25) is 5.02 Å². The molecule has 1 atom stereocenters. The minimum Gasteiger partial charge on any atom is -0.375 e. The second-order valence-corrected chi connectivity index (χ2v) is 5.62. The number of carbonyl (C=O) groups excluding carboxylic acids is 1. The summed E-state index contributed by atoms with van der Waals surface area (Å²) in [5.41, 5.74) is 6.24. The Labute approximate surface area is 132 Å². The third-order valence-electron chi connectivity index (χ3n) is 4.18. The predicted octanol–water partition coefficient (Wildman–Crippen LogP) is 2.91. The molecule has 0 aromatic heterocycles. The molecule has 0 aliphatic heterocycles. The van der Waals surface area contributed by atoms with Gasteiger partial charge in [0.25, 0.3) is 0 Å². The minimum absolute atomic E-state index is 0.0147. The van der Waals surface area contributed by atoms with Gasteiger partial charge in [-0.1, -0.05) is 37.6 Å². The zero-order chi connectivity index (χ0) is 15.9. The van der Waals surface area contributed by atoms with E-state index < -0.39 is 5.41 Å². The van der Waals surface area contributed by atoms with Crippen LogP contribution in [0.25, 0.3) is 0 Å². The molecule has 0 saturated carbocycles. The van der Waals surface area contributed by atoms with E-state index in [0.717, 1.165) is 18.4 Å². The van der Waals surface area contributed by atoms with Crippen LogP contribution in [0.4, 0.5) is 0 Å². The van der Waals surface area contributed by atoms with Gasteiger partial charge in [0.05, 0.1) is 11.5 Å². The van der Waals surface area contributed by atoms with E-state index >= 15 is 0 Å². The molecule has 5 heteroatoms. The van der Waals surface area contributed by atoms with Crippen LogP contribution in [0.1, 0.15) is 38.4 Å². The first kappa shape index (κ1) is 18.0. The molecule has 0 radical (unpaired) electrons. The fourth-order valence-corrected chi connectivity index (χ4v) is 2.57. The monoisotopic (exact) mass is 312 g/mol. The summed E-state index contributed by atoms with van der Waals surface area (Å²) in [4.78, 5) is 12.4. The largest absolute Gasteiger partial charge is 0.375 e. The highest BCUT2D eigenvalue weighted by molar-refractivity contribution is 6.30. The fraction of sp³-hybridized carbons (Fsp3) is 0.562. The molecule has 1 rings (SSSR count). The summed E-state index contributed by atoms with van der Waals surface area (Å²) >= 11 is 5.99. The van der Waals surface area contributed by atoms with Crippen molar-refractivity contribution >= 4 is 17.5 Å². The zero-order valence-electron chi connectivity index (χ0n) is 13.0. The second-order valence-electron chi connectivity index (χ2n) is 5.18. The Morgan fingerprint density at radius 3 is 2.57 bits per heavy atom. The number of halogens is 1. The van der Waals surface area contributed by atoms with Crippen LogP contribution in [0, 0.1) is 5.41 Å². The van der Waals surface area contributed by atoms with Gasteiger partial charge in [-0.25, -0.2) is 0 Å². The lowest BCUT2D eigenvalue weighted by atomic mass is 9.81. The first-order valence-corrected chi connectivity index (χ1v) is 7.67. The minimum atomic E-state index is -0.493. The van der Waals surface area contributed by atoms with Gasteiger partial charge in [0.1, 0.15) is 0 Å². The van der Waals surface area contributed by atoms with Crippen molar-refractivity contribution in [1.29, 1.82) is 0 Å². The van der Waals surface area contributed by atoms with Crippen molar-refractivity contribution in [3.05, 3.63) is 34.9 Å². The molecule has 118 valence electrons. The highest BCUT2D eigenvalue weighted by Crippen LogP contribution is 2.26. The van der Waals surface area contributed by atoms with Crippen LogP contribution in [0.15, 0.2) is 24.3 Å². The molecule has 1 amide bonds. The van der Waals surface area contributed by atoms with Crippen molar-refractivity contribution in [3.63, 3.8) is 0 Å². The summed E-state index contributed by atoms with van der Waals surface area (Å²) in [6.45, 7) is 4.72. The number of hydrogen-bond acceptors (Lipinski definition) is 3. The smallest absolute Gasteiger partial charge is 0.227 e. The molecule has 0 aliphatic rings. The van der Waals surface area contributed by atoms with Crippen LogP contribution in [-0.2, 0) is 9.53 Å². The second kappa shape index (κ2) is 8.37. The highest BCUT2D eigenvalue weighted by atomic mass is 35.5. The average molecular weight is 313 g/mol. The van der Waals surface area contributed by atoms with Gasteiger partial charge in [0.15, 0.2) is 0 Å². The topological polar surface area (TPSA) is 64.4 Å². The number of nitrogens with one attached hydrogen (secondary N) is 1. The van der Waals surface area contributed by atoms with Crippen molar-refractivity contribution in [2.45, 2.75) is 32.8 Å². The van der Waals surface area contributed by atoms with E-state index in [2.05, 4.69) is 5.32 Å². The Morgan fingerprint density at radius 2 is 2.10 bits per heavy atom. The first-order valence-electron chi connectivity index (χ1n) is 7.29. The summed E-state index contributed by atoms with van der Waals surface area (Å²) in [7, 11) is 1.62. The third kappa shape index (κ3) is 4.43. The van der Waals surface area contributed by atoms with Gasteiger partial charge >= 0.3 is 0 Å². The number of benzene rings is 1. The van der Waals surface area contributed by atoms with Crippen molar-refractivity contribution in [3.8, 4) is 0 Å². The molecule has 1 aromatic carbocycles. The van der Waals surface area contributed by atoms with Crippen LogP contribution < -0.4 is 11.1 Å². The Balaban J connectivity index is 2.73. The number of methoxy groups -OCH3 is 1. The van der Waals surface area contributed by atoms with Gasteiger partial charge in [-0.3, -0.25) is 4.79 Å². The van der Waals surface area contributed by atoms with Gasteiger partial charge in [-0.2, -0.15) is 0 Å². The maximum absolute atomic E-state index is 12.4.